The van der Waals surface area contributed by atoms with Gasteiger partial charge in [0.2, 0.25) is 0 Å². The second-order valence-electron chi connectivity index (χ2n) is 2.70. The Balaban J connectivity index is 0. The van der Waals surface area contributed by atoms with E-state index in [1.807, 2.05) is 0 Å². The molecular formula is C7H12BF4N. The lowest BCUT2D eigenvalue weighted by atomic mass is 10.2. The van der Waals surface area contributed by atoms with E-state index in [-0.39, 0.29) is 1.43 Å². The van der Waals surface area contributed by atoms with Gasteiger partial charge in [-0.05, 0) is 19.2 Å². The number of halogens is 4. The van der Waals surface area contributed by atoms with E-state index in [2.05, 4.69) is 37.2 Å². The first-order valence-electron chi connectivity index (χ1n) is 3.71. The summed E-state index contributed by atoms with van der Waals surface area (Å²) >= 11 is 0. The predicted molar refractivity (Wildman–Crippen MR) is 46.8 cm³/mol. The van der Waals surface area contributed by atoms with E-state index in [0.717, 1.165) is 6.54 Å². The summed E-state index contributed by atoms with van der Waals surface area (Å²) in [5.41, 5.74) is 1.36. The quantitative estimate of drug-likeness (QED) is 0.426. The largest absolute Gasteiger partial charge is 1.00 e. The Bertz CT molecular complexity index is 208. The summed E-state index contributed by atoms with van der Waals surface area (Å²) in [6.45, 7) is 3.17. The van der Waals surface area contributed by atoms with Crippen molar-refractivity contribution < 1.29 is 18.7 Å². The van der Waals surface area contributed by atoms with E-state index < -0.39 is 7.25 Å². The summed E-state index contributed by atoms with van der Waals surface area (Å²) in [7, 11) is -3.93. The van der Waals surface area contributed by atoms with Gasteiger partial charge in [-0.2, -0.15) is 0 Å². The molecule has 13 heavy (non-hydrogen) atoms. The zero-order chi connectivity index (χ0) is 10.5. The molecule has 1 aliphatic heterocycles. The highest BCUT2D eigenvalue weighted by molar-refractivity contribution is 6.50. The second-order valence-corrected chi connectivity index (χ2v) is 2.70. The van der Waals surface area contributed by atoms with Crippen LogP contribution in [0.4, 0.5) is 17.3 Å². The first-order chi connectivity index (χ1) is 5.79. The van der Waals surface area contributed by atoms with Crippen molar-refractivity contribution in [3.8, 4) is 0 Å². The maximum Gasteiger partial charge on any atom is 1.00 e. The molecule has 76 valence electrons. The molecule has 0 fully saturated rings. The lowest BCUT2D eigenvalue weighted by molar-refractivity contribution is 0.368. The summed E-state index contributed by atoms with van der Waals surface area (Å²) < 4.78 is 39.0. The summed E-state index contributed by atoms with van der Waals surface area (Å²) in [6.07, 6.45) is 6.42. The van der Waals surface area contributed by atoms with E-state index in [1.165, 1.54) is 5.57 Å². The van der Waals surface area contributed by atoms with Crippen LogP contribution in [0.3, 0.4) is 0 Å². The Labute approximate surface area is 76.3 Å². The number of rotatable bonds is 0. The van der Waals surface area contributed by atoms with Gasteiger partial charge in [0.05, 0.1) is 0 Å². The Hall–Kier alpha value is -0.935. The summed E-state index contributed by atoms with van der Waals surface area (Å²) in [6, 6.07) is 0. The molecule has 0 bridgehead atoms. The number of hydrogen-bond donors (Lipinski definition) is 0. The third kappa shape index (κ3) is 11.1. The van der Waals surface area contributed by atoms with Gasteiger partial charge in [0.25, 0.3) is 0 Å². The monoisotopic (exact) mass is 197 g/mol. The van der Waals surface area contributed by atoms with Crippen LogP contribution < -0.4 is 0 Å². The van der Waals surface area contributed by atoms with Gasteiger partial charge in [-0.3, -0.25) is 0 Å². The fourth-order valence-corrected chi connectivity index (χ4v) is 0.662. The highest BCUT2D eigenvalue weighted by atomic mass is 19.5. The summed E-state index contributed by atoms with van der Waals surface area (Å²) in [5.74, 6) is 0. The maximum absolute atomic E-state index is 9.75. The molecule has 1 aliphatic rings. The van der Waals surface area contributed by atoms with Gasteiger partial charge in [0, 0.05) is 13.6 Å². The molecule has 0 saturated heterocycles. The molecule has 0 amide bonds. The summed E-state index contributed by atoms with van der Waals surface area (Å²) in [4.78, 5) is 2.15. The lowest BCUT2D eigenvalue weighted by Gasteiger charge is -2.14. The number of likely N-dealkylation sites (N-methyl/N-ethyl adjacent to an activating group) is 1. The van der Waals surface area contributed by atoms with Crippen LogP contribution in [0, 0.1) is 0 Å². The summed E-state index contributed by atoms with van der Waals surface area (Å²) in [5, 5.41) is 0. The van der Waals surface area contributed by atoms with E-state index >= 15 is 0 Å². The second kappa shape index (κ2) is 4.94. The molecule has 1 rings (SSSR count). The maximum atomic E-state index is 9.75. The molecule has 1 heterocycles. The van der Waals surface area contributed by atoms with Gasteiger partial charge in [-0.1, -0.05) is 11.6 Å². The van der Waals surface area contributed by atoms with E-state index in [4.69, 9.17) is 0 Å². The van der Waals surface area contributed by atoms with Crippen LogP contribution in [-0.2, 0) is 0 Å². The highest BCUT2D eigenvalue weighted by Crippen LogP contribution is 2.06. The van der Waals surface area contributed by atoms with Gasteiger partial charge < -0.3 is 22.2 Å². The van der Waals surface area contributed by atoms with E-state index in [0.29, 0.717) is 0 Å². The normalized spacial score (nSPS) is 16.2. The predicted octanol–water partition coefficient (Wildman–Crippen LogP) is 2.80. The minimum atomic E-state index is -6.00. The van der Waals surface area contributed by atoms with Crippen molar-refractivity contribution >= 4 is 7.25 Å². The molecule has 0 radical (unpaired) electrons. The third-order valence-electron chi connectivity index (χ3n) is 1.29. The molecule has 0 spiro atoms. The average Bonchev–Trinajstić information content (AvgIpc) is 1.92. The SMILES string of the molecule is CC1=CCN(C)C=C1.F[B-](F)(F)F.[H+]. The Morgan fingerprint density at radius 2 is 1.85 bits per heavy atom. The molecule has 0 aromatic heterocycles. The smallest absolute Gasteiger partial charge is 0.418 e. The Morgan fingerprint density at radius 1 is 1.38 bits per heavy atom. The van der Waals surface area contributed by atoms with Crippen LogP contribution in [0.15, 0.2) is 23.9 Å². The topological polar surface area (TPSA) is 3.24 Å². The fourth-order valence-electron chi connectivity index (χ4n) is 0.662. The van der Waals surface area contributed by atoms with Crippen molar-refractivity contribution in [1.29, 1.82) is 0 Å². The first-order valence-corrected chi connectivity index (χ1v) is 3.71. The van der Waals surface area contributed by atoms with Crippen LogP contribution in [0.2, 0.25) is 0 Å². The van der Waals surface area contributed by atoms with E-state index in [9.17, 15) is 17.3 Å². The van der Waals surface area contributed by atoms with Crippen LogP contribution in [0.1, 0.15) is 8.35 Å². The zero-order valence-electron chi connectivity index (χ0n) is 8.48. The molecular weight excluding hydrogens is 185 g/mol. The van der Waals surface area contributed by atoms with Crippen LogP contribution in [-0.4, -0.2) is 25.7 Å². The minimum absolute atomic E-state index is 0. The molecule has 0 atom stereocenters. The minimum Gasteiger partial charge on any atom is -0.418 e. The van der Waals surface area contributed by atoms with Gasteiger partial charge >= 0.3 is 8.68 Å². The molecule has 0 N–H and O–H groups in total. The zero-order valence-corrected chi connectivity index (χ0v) is 7.48. The molecule has 0 aromatic rings. The standard InChI is InChI=1S/C7H11N.BF4/c1-7-3-5-8(2)6-4-7;2-1(3,4)5/h3-5H,6H2,1-2H3;/q;-1/p+1. The molecule has 0 aromatic carbocycles. The van der Waals surface area contributed by atoms with Crippen LogP contribution in [0.5, 0.6) is 0 Å². The molecule has 6 heteroatoms. The van der Waals surface area contributed by atoms with Crippen molar-refractivity contribution in [1.82, 2.24) is 4.90 Å². The van der Waals surface area contributed by atoms with Crippen LogP contribution in [0.25, 0.3) is 0 Å². The molecule has 0 aliphatic carbocycles. The van der Waals surface area contributed by atoms with Gasteiger partial charge in [-0.15, -0.1) is 0 Å². The van der Waals surface area contributed by atoms with E-state index in [1.54, 1.807) is 0 Å². The lowest BCUT2D eigenvalue weighted by Crippen LogP contribution is -2.12. The fraction of sp³-hybridized carbons (Fsp3) is 0.429. The molecule has 0 unspecified atom stereocenters. The first kappa shape index (κ1) is 12.1. The Kier molecular flexibility index (Phi) is 4.58. The highest BCUT2D eigenvalue weighted by Gasteiger charge is 2.20. The molecule has 1 nitrogen and oxygen atoms in total. The third-order valence-corrected chi connectivity index (χ3v) is 1.29. The number of hydrogen-bond acceptors (Lipinski definition) is 1. The average molecular weight is 197 g/mol. The van der Waals surface area contributed by atoms with Crippen LogP contribution >= 0.6 is 0 Å². The van der Waals surface area contributed by atoms with Gasteiger partial charge in [-0.25, -0.2) is 0 Å². The van der Waals surface area contributed by atoms with Gasteiger partial charge in [0.1, 0.15) is 0 Å². The number of allylic oxidation sites excluding steroid dienone is 2. The van der Waals surface area contributed by atoms with Crippen molar-refractivity contribution in [3.05, 3.63) is 23.9 Å². The molecule has 0 saturated carbocycles. The number of nitrogens with zero attached hydrogens (tertiary/aromatic N) is 1. The van der Waals surface area contributed by atoms with Crippen molar-refractivity contribution in [2.45, 2.75) is 6.92 Å². The van der Waals surface area contributed by atoms with Crippen molar-refractivity contribution in [3.63, 3.8) is 0 Å². The van der Waals surface area contributed by atoms with Gasteiger partial charge in [0.15, 0.2) is 0 Å². The van der Waals surface area contributed by atoms with Crippen molar-refractivity contribution in [2.24, 2.45) is 0 Å². The van der Waals surface area contributed by atoms with Crippen molar-refractivity contribution in [2.75, 3.05) is 13.6 Å². The Morgan fingerprint density at radius 3 is 2.08 bits per heavy atom.